The van der Waals surface area contributed by atoms with Crippen LogP contribution in [0.25, 0.3) is 0 Å². The minimum Gasteiger partial charge on any atom is -0.350 e. The largest absolute Gasteiger partial charge is 0.350 e. The maximum atomic E-state index is 13.9. The van der Waals surface area contributed by atoms with Crippen LogP contribution in [0.15, 0.2) is 78.9 Å². The van der Waals surface area contributed by atoms with Crippen LogP contribution in [0.3, 0.4) is 0 Å². The Hall–Kier alpha value is -3.65. The zero-order valence-electron chi connectivity index (χ0n) is 25.1. The lowest BCUT2D eigenvalue weighted by Crippen LogP contribution is -2.54. The van der Waals surface area contributed by atoms with Crippen molar-refractivity contribution >= 4 is 27.5 Å². The predicted octanol–water partition coefficient (Wildman–Crippen LogP) is 5.40. The molecule has 7 nitrogen and oxygen atoms in total. The molecule has 0 fully saturated rings. The van der Waals surface area contributed by atoms with Crippen LogP contribution in [0, 0.1) is 13.8 Å². The molecule has 0 heterocycles. The van der Waals surface area contributed by atoms with Crippen molar-refractivity contribution in [3.63, 3.8) is 0 Å². The molecule has 1 N–H and O–H groups in total. The number of nitrogens with one attached hydrogen (secondary N) is 1. The van der Waals surface area contributed by atoms with Crippen LogP contribution in [-0.2, 0) is 32.6 Å². The van der Waals surface area contributed by atoms with Crippen LogP contribution in [0.2, 0.25) is 0 Å². The van der Waals surface area contributed by atoms with Crippen LogP contribution in [-0.4, -0.2) is 49.5 Å². The van der Waals surface area contributed by atoms with Crippen LogP contribution in [0.5, 0.6) is 0 Å². The molecule has 2 amide bonds. The van der Waals surface area contributed by atoms with E-state index >= 15 is 0 Å². The first-order valence-electron chi connectivity index (χ1n) is 14.0. The molecule has 0 saturated heterocycles. The summed E-state index contributed by atoms with van der Waals surface area (Å²) in [6.45, 7) is 10.0. The number of nitrogens with zero attached hydrogens (tertiary/aromatic N) is 2. The summed E-state index contributed by atoms with van der Waals surface area (Å²) in [6.07, 6.45) is 1.94. The fourth-order valence-corrected chi connectivity index (χ4v) is 5.86. The highest BCUT2D eigenvalue weighted by Crippen LogP contribution is 2.23. The van der Waals surface area contributed by atoms with Gasteiger partial charge in [0.25, 0.3) is 0 Å². The van der Waals surface area contributed by atoms with E-state index in [0.29, 0.717) is 18.5 Å². The van der Waals surface area contributed by atoms with E-state index < -0.39 is 21.6 Å². The number of sulfonamides is 1. The number of anilines is 1. The number of amides is 2. The molecule has 0 aliphatic rings. The summed E-state index contributed by atoms with van der Waals surface area (Å²) in [4.78, 5) is 29.3. The molecule has 0 radical (unpaired) electrons. The van der Waals surface area contributed by atoms with Crippen molar-refractivity contribution in [3.8, 4) is 0 Å². The van der Waals surface area contributed by atoms with Gasteiger partial charge < -0.3 is 10.2 Å². The maximum absolute atomic E-state index is 13.9. The summed E-state index contributed by atoms with van der Waals surface area (Å²) < 4.78 is 26.7. The van der Waals surface area contributed by atoms with Gasteiger partial charge in [-0.05, 0) is 63.8 Å². The molecule has 1 atom stereocenters. The van der Waals surface area contributed by atoms with Gasteiger partial charge in [0.05, 0.1) is 11.9 Å². The average Bonchev–Trinajstić information content (AvgIpc) is 2.88. The van der Waals surface area contributed by atoms with Gasteiger partial charge in [-0.1, -0.05) is 78.4 Å². The fourth-order valence-electron chi connectivity index (χ4n) is 4.84. The molecule has 3 aromatic carbocycles. The van der Waals surface area contributed by atoms with E-state index in [9.17, 15) is 18.0 Å². The number of benzene rings is 3. The van der Waals surface area contributed by atoms with Crippen molar-refractivity contribution in [2.24, 2.45) is 0 Å². The number of rotatable bonds is 12. The maximum Gasteiger partial charge on any atom is 0.243 e. The van der Waals surface area contributed by atoms with E-state index in [1.54, 1.807) is 17.0 Å². The quantitative estimate of drug-likeness (QED) is 0.312. The Morgan fingerprint density at radius 2 is 1.51 bits per heavy atom. The van der Waals surface area contributed by atoms with Crippen LogP contribution in [0.4, 0.5) is 5.69 Å². The number of carbonyl (C=O) groups is 2. The van der Waals surface area contributed by atoms with Gasteiger partial charge in [0.1, 0.15) is 6.04 Å². The summed E-state index contributed by atoms with van der Waals surface area (Å²) in [6, 6.07) is 24.2. The van der Waals surface area contributed by atoms with Gasteiger partial charge in [-0.25, -0.2) is 8.42 Å². The average molecular weight is 578 g/mol. The SMILES string of the molecule is Cc1cccc(CN(C(=O)CCCN(c2ccccc2C)S(C)(=O)=O)[C@@H](Cc2ccccc2)C(=O)NC(C)(C)C)c1. The molecule has 220 valence electrons. The molecule has 0 aromatic heterocycles. The molecule has 0 unspecified atom stereocenters. The predicted molar refractivity (Wildman–Crippen MR) is 166 cm³/mol. The third-order valence-corrected chi connectivity index (χ3v) is 7.92. The third-order valence-electron chi connectivity index (χ3n) is 6.74. The Kier molecular flexibility index (Phi) is 10.7. The second-order valence-corrected chi connectivity index (χ2v) is 13.6. The van der Waals surface area contributed by atoms with Gasteiger partial charge in [-0.3, -0.25) is 13.9 Å². The molecule has 41 heavy (non-hydrogen) atoms. The molecule has 3 aromatic rings. The molecule has 0 bridgehead atoms. The molecule has 8 heteroatoms. The van der Waals surface area contributed by atoms with Gasteiger partial charge in [0.2, 0.25) is 21.8 Å². The van der Waals surface area contributed by atoms with Gasteiger partial charge >= 0.3 is 0 Å². The summed E-state index contributed by atoms with van der Waals surface area (Å²) in [7, 11) is -3.56. The minimum absolute atomic E-state index is 0.0950. The van der Waals surface area contributed by atoms with E-state index in [1.807, 2.05) is 101 Å². The van der Waals surface area contributed by atoms with Crippen molar-refractivity contribution in [2.45, 2.75) is 72.0 Å². The second-order valence-electron chi connectivity index (χ2n) is 11.7. The first-order valence-corrected chi connectivity index (χ1v) is 15.8. The molecular weight excluding hydrogens is 534 g/mol. The number of hydrogen-bond donors (Lipinski definition) is 1. The summed E-state index contributed by atoms with van der Waals surface area (Å²) in [5.74, 6) is -0.422. The highest BCUT2D eigenvalue weighted by molar-refractivity contribution is 7.92. The monoisotopic (exact) mass is 577 g/mol. The van der Waals surface area contributed by atoms with E-state index in [4.69, 9.17) is 0 Å². The van der Waals surface area contributed by atoms with Crippen molar-refractivity contribution in [1.29, 1.82) is 0 Å². The Morgan fingerprint density at radius 1 is 0.878 bits per heavy atom. The zero-order chi connectivity index (χ0) is 30.2. The van der Waals surface area contributed by atoms with Gasteiger partial charge in [-0.15, -0.1) is 0 Å². The lowest BCUT2D eigenvalue weighted by molar-refractivity contribution is -0.142. The van der Waals surface area contributed by atoms with Crippen molar-refractivity contribution < 1.29 is 18.0 Å². The molecule has 3 rings (SSSR count). The number of hydrogen-bond acceptors (Lipinski definition) is 4. The molecule has 0 aliphatic carbocycles. The molecule has 0 spiro atoms. The first kappa shape index (κ1) is 31.9. The standard InChI is InChI=1S/C33H43N3O4S/c1-25-14-12-18-28(22-25)24-35(30(32(38)34-33(3,4)5)23-27-16-8-7-9-17-27)31(37)20-13-21-36(41(6,39)40)29-19-11-10-15-26(29)2/h7-12,14-19,22,30H,13,20-21,23-24H2,1-6H3,(H,34,38)/t30-/m0/s1. The molecule has 0 saturated carbocycles. The Bertz CT molecular complexity index is 1430. The summed E-state index contributed by atoms with van der Waals surface area (Å²) in [5.41, 5.74) is 3.91. The van der Waals surface area contributed by atoms with Crippen LogP contribution >= 0.6 is 0 Å². The van der Waals surface area contributed by atoms with E-state index in [2.05, 4.69) is 5.32 Å². The molecular formula is C33H43N3O4S. The van der Waals surface area contributed by atoms with Crippen molar-refractivity contribution in [3.05, 3.63) is 101 Å². The van der Waals surface area contributed by atoms with Crippen molar-refractivity contribution in [2.75, 3.05) is 17.1 Å². The Labute approximate surface area is 245 Å². The summed E-state index contributed by atoms with van der Waals surface area (Å²) >= 11 is 0. The molecule has 0 aliphatic heterocycles. The normalized spacial score (nSPS) is 12.4. The van der Waals surface area contributed by atoms with E-state index in [-0.39, 0.29) is 31.3 Å². The Morgan fingerprint density at radius 3 is 2.12 bits per heavy atom. The van der Waals surface area contributed by atoms with Crippen molar-refractivity contribution in [1.82, 2.24) is 10.2 Å². The zero-order valence-corrected chi connectivity index (χ0v) is 25.9. The number of aryl methyl sites for hydroxylation is 2. The summed E-state index contributed by atoms with van der Waals surface area (Å²) in [5, 5.41) is 3.07. The first-order chi connectivity index (χ1) is 19.2. The van der Waals surface area contributed by atoms with Crippen LogP contribution < -0.4 is 9.62 Å². The van der Waals surface area contributed by atoms with Gasteiger partial charge in [-0.2, -0.15) is 0 Å². The lowest BCUT2D eigenvalue weighted by atomic mass is 10.00. The van der Waals surface area contributed by atoms with Crippen LogP contribution in [0.1, 0.15) is 55.9 Å². The fraction of sp³-hybridized carbons (Fsp3) is 0.394. The van der Waals surface area contributed by atoms with E-state index in [0.717, 1.165) is 22.3 Å². The van der Waals surface area contributed by atoms with Gasteiger partial charge in [0, 0.05) is 31.5 Å². The highest BCUT2D eigenvalue weighted by atomic mass is 32.2. The highest BCUT2D eigenvalue weighted by Gasteiger charge is 2.32. The number of carbonyl (C=O) groups excluding carboxylic acids is 2. The smallest absolute Gasteiger partial charge is 0.243 e. The van der Waals surface area contributed by atoms with E-state index in [1.165, 1.54) is 10.6 Å². The lowest BCUT2D eigenvalue weighted by Gasteiger charge is -2.34. The second kappa shape index (κ2) is 13.8. The minimum atomic E-state index is -3.56. The third kappa shape index (κ3) is 9.74. The number of para-hydroxylation sites is 1. The van der Waals surface area contributed by atoms with Gasteiger partial charge in [0.15, 0.2) is 0 Å². The topological polar surface area (TPSA) is 86.8 Å². The Balaban J connectivity index is 1.91.